The largest absolute Gasteiger partial charge is 0.368 e. The fraction of sp³-hybridized carbons (Fsp3) is 0.500. The van der Waals surface area contributed by atoms with Gasteiger partial charge in [-0.2, -0.15) is 4.98 Å². The van der Waals surface area contributed by atoms with Crippen LogP contribution >= 0.6 is 11.6 Å². The Balaban J connectivity index is 2.60. The molecular weight excluding hydrogens is 266 g/mol. The molecular formula is C8H14ClN5O2S. The Morgan fingerprint density at radius 3 is 2.76 bits per heavy atom. The van der Waals surface area contributed by atoms with Gasteiger partial charge in [0, 0.05) is 20.6 Å². The number of anilines is 2. The molecule has 0 atom stereocenters. The summed E-state index contributed by atoms with van der Waals surface area (Å²) >= 11 is 5.81. The third-order valence-corrected chi connectivity index (χ3v) is 4.08. The average Bonchev–Trinajstić information content (AvgIpc) is 2.22. The Morgan fingerprint density at radius 2 is 2.18 bits per heavy atom. The first-order chi connectivity index (χ1) is 7.83. The second-order valence-corrected chi connectivity index (χ2v) is 6.16. The highest BCUT2D eigenvalue weighted by Gasteiger charge is 2.13. The van der Waals surface area contributed by atoms with Gasteiger partial charge < -0.3 is 11.1 Å². The first-order valence-corrected chi connectivity index (χ1v) is 6.74. The Kier molecular flexibility index (Phi) is 4.49. The smallest absolute Gasteiger partial charge is 0.222 e. The predicted molar refractivity (Wildman–Crippen MR) is 67.4 cm³/mol. The predicted octanol–water partition coefficient (Wildman–Crippen LogP) is 0.0155. The van der Waals surface area contributed by atoms with Gasteiger partial charge in [-0.05, 0) is 0 Å². The monoisotopic (exact) mass is 279 g/mol. The van der Waals surface area contributed by atoms with Gasteiger partial charge in [0.25, 0.3) is 0 Å². The summed E-state index contributed by atoms with van der Waals surface area (Å²) in [5.41, 5.74) is 5.39. The summed E-state index contributed by atoms with van der Waals surface area (Å²) in [5, 5.41) is 3.09. The molecule has 0 spiro atoms. The van der Waals surface area contributed by atoms with Crippen LogP contribution < -0.4 is 11.1 Å². The first-order valence-electron chi connectivity index (χ1n) is 4.75. The minimum atomic E-state index is -3.24. The van der Waals surface area contributed by atoms with Crippen LogP contribution in [-0.2, 0) is 10.0 Å². The number of aromatic nitrogens is 2. The van der Waals surface area contributed by atoms with E-state index < -0.39 is 10.0 Å². The number of hydrogen-bond acceptors (Lipinski definition) is 6. The minimum absolute atomic E-state index is 0.0553. The van der Waals surface area contributed by atoms with Crippen LogP contribution in [0.2, 0.25) is 5.02 Å². The summed E-state index contributed by atoms with van der Waals surface area (Å²) in [6.45, 7) is 0.191. The number of nitrogen functional groups attached to an aromatic ring is 1. The number of sulfonamides is 1. The molecule has 0 fully saturated rings. The van der Waals surface area contributed by atoms with E-state index in [1.165, 1.54) is 20.3 Å². The molecule has 17 heavy (non-hydrogen) atoms. The standard InChI is InChI=1S/C8H14ClN5O2S/c1-14(2)17(15,16)4-3-11-7-6(9)5-12-8(10)13-7/h5H,3-4H2,1-2H3,(H3,10,11,12,13). The van der Waals surface area contributed by atoms with E-state index in [0.717, 1.165) is 4.31 Å². The lowest BCUT2D eigenvalue weighted by Gasteiger charge is -2.12. The van der Waals surface area contributed by atoms with Crippen molar-refractivity contribution in [3.05, 3.63) is 11.2 Å². The topological polar surface area (TPSA) is 101 Å². The van der Waals surface area contributed by atoms with E-state index in [0.29, 0.717) is 10.8 Å². The molecule has 1 rings (SSSR count). The maximum atomic E-state index is 11.5. The number of hydrogen-bond donors (Lipinski definition) is 2. The molecule has 0 aromatic carbocycles. The van der Waals surface area contributed by atoms with Crippen molar-refractivity contribution in [3.8, 4) is 0 Å². The van der Waals surface area contributed by atoms with Crippen LogP contribution in [0.15, 0.2) is 6.20 Å². The lowest BCUT2D eigenvalue weighted by Crippen LogP contribution is -2.28. The van der Waals surface area contributed by atoms with Crippen LogP contribution in [0.3, 0.4) is 0 Å². The molecule has 7 nitrogen and oxygen atoms in total. The zero-order chi connectivity index (χ0) is 13.1. The molecule has 0 bridgehead atoms. The van der Waals surface area contributed by atoms with Gasteiger partial charge in [-0.3, -0.25) is 0 Å². The fourth-order valence-corrected chi connectivity index (χ4v) is 1.87. The quantitative estimate of drug-likeness (QED) is 0.788. The second kappa shape index (κ2) is 5.48. The highest BCUT2D eigenvalue weighted by Crippen LogP contribution is 2.17. The van der Waals surface area contributed by atoms with Gasteiger partial charge in [0.05, 0.1) is 11.9 Å². The van der Waals surface area contributed by atoms with Crippen LogP contribution in [0.4, 0.5) is 11.8 Å². The lowest BCUT2D eigenvalue weighted by molar-refractivity contribution is 0.521. The van der Waals surface area contributed by atoms with Gasteiger partial charge >= 0.3 is 0 Å². The molecule has 0 aliphatic carbocycles. The number of rotatable bonds is 5. The maximum Gasteiger partial charge on any atom is 0.222 e. The van der Waals surface area contributed by atoms with Gasteiger partial charge in [-0.15, -0.1) is 0 Å². The normalized spacial score (nSPS) is 11.8. The summed E-state index contributed by atoms with van der Waals surface area (Å²) < 4.78 is 24.1. The molecule has 0 aliphatic heterocycles. The highest BCUT2D eigenvalue weighted by atomic mass is 35.5. The van der Waals surface area contributed by atoms with Gasteiger partial charge in [0.1, 0.15) is 5.02 Å². The highest BCUT2D eigenvalue weighted by molar-refractivity contribution is 7.89. The molecule has 0 saturated carbocycles. The third-order valence-electron chi connectivity index (χ3n) is 1.97. The van der Waals surface area contributed by atoms with E-state index in [9.17, 15) is 8.42 Å². The van der Waals surface area contributed by atoms with Crippen molar-refractivity contribution in [2.24, 2.45) is 0 Å². The summed E-state index contributed by atoms with van der Waals surface area (Å²) in [7, 11) is -0.284. The van der Waals surface area contributed by atoms with E-state index in [-0.39, 0.29) is 18.2 Å². The van der Waals surface area contributed by atoms with E-state index in [4.69, 9.17) is 17.3 Å². The Morgan fingerprint density at radius 1 is 1.53 bits per heavy atom. The molecule has 3 N–H and O–H groups in total. The number of nitrogens with two attached hydrogens (primary N) is 1. The first kappa shape index (κ1) is 13.9. The van der Waals surface area contributed by atoms with Crippen molar-refractivity contribution in [3.63, 3.8) is 0 Å². The minimum Gasteiger partial charge on any atom is -0.368 e. The zero-order valence-electron chi connectivity index (χ0n) is 9.51. The van der Waals surface area contributed by atoms with Crippen LogP contribution in [0.5, 0.6) is 0 Å². The Hall–Kier alpha value is -1.12. The van der Waals surface area contributed by atoms with Gasteiger partial charge in [0.2, 0.25) is 16.0 Å². The summed E-state index contributed by atoms with van der Waals surface area (Å²) in [4.78, 5) is 7.54. The molecule has 9 heteroatoms. The summed E-state index contributed by atoms with van der Waals surface area (Å²) in [6.07, 6.45) is 1.35. The van der Waals surface area contributed by atoms with Crippen LogP contribution in [-0.4, -0.2) is 49.1 Å². The SMILES string of the molecule is CN(C)S(=O)(=O)CCNc1nc(N)ncc1Cl. The van der Waals surface area contributed by atoms with Crippen molar-refractivity contribution in [1.29, 1.82) is 0 Å². The molecule has 1 aromatic heterocycles. The number of nitrogens with one attached hydrogen (secondary N) is 1. The van der Waals surface area contributed by atoms with E-state index in [2.05, 4.69) is 15.3 Å². The molecule has 1 heterocycles. The van der Waals surface area contributed by atoms with Crippen molar-refractivity contribution in [1.82, 2.24) is 14.3 Å². The van der Waals surface area contributed by atoms with Gasteiger partial charge in [-0.25, -0.2) is 17.7 Å². The van der Waals surface area contributed by atoms with Crippen LogP contribution in [0.1, 0.15) is 0 Å². The van der Waals surface area contributed by atoms with Crippen molar-refractivity contribution < 1.29 is 8.42 Å². The molecule has 1 aromatic rings. The van der Waals surface area contributed by atoms with Crippen LogP contribution in [0.25, 0.3) is 0 Å². The molecule has 0 amide bonds. The van der Waals surface area contributed by atoms with Gasteiger partial charge in [0.15, 0.2) is 5.82 Å². The molecule has 0 saturated heterocycles. The maximum absolute atomic E-state index is 11.5. The average molecular weight is 280 g/mol. The third kappa shape index (κ3) is 3.99. The summed E-state index contributed by atoms with van der Waals surface area (Å²) in [6, 6.07) is 0. The van der Waals surface area contributed by atoms with Crippen molar-refractivity contribution in [2.75, 3.05) is 37.4 Å². The van der Waals surface area contributed by atoms with Crippen LogP contribution in [0, 0.1) is 0 Å². The molecule has 0 unspecified atom stereocenters. The lowest BCUT2D eigenvalue weighted by atomic mass is 10.5. The second-order valence-electron chi connectivity index (χ2n) is 3.45. The van der Waals surface area contributed by atoms with Crippen molar-refractivity contribution in [2.45, 2.75) is 0 Å². The van der Waals surface area contributed by atoms with E-state index >= 15 is 0 Å². The Bertz CT molecular complexity index is 491. The molecule has 0 radical (unpaired) electrons. The van der Waals surface area contributed by atoms with Crippen molar-refractivity contribution >= 4 is 33.4 Å². The Labute approximate surface area is 105 Å². The molecule has 0 aliphatic rings. The molecule has 96 valence electrons. The van der Waals surface area contributed by atoms with E-state index in [1.807, 2.05) is 0 Å². The number of halogens is 1. The van der Waals surface area contributed by atoms with E-state index in [1.54, 1.807) is 0 Å². The zero-order valence-corrected chi connectivity index (χ0v) is 11.1. The summed E-state index contributed by atoms with van der Waals surface area (Å²) in [5.74, 6) is 0.348. The van der Waals surface area contributed by atoms with Gasteiger partial charge in [-0.1, -0.05) is 11.6 Å². The fourth-order valence-electron chi connectivity index (χ4n) is 0.986. The number of nitrogens with zero attached hydrogens (tertiary/aromatic N) is 3.